The van der Waals surface area contributed by atoms with Crippen molar-refractivity contribution in [2.75, 3.05) is 0 Å². The highest BCUT2D eigenvalue weighted by atomic mass is 16.2. The molecule has 0 radical (unpaired) electrons. The third-order valence-electron chi connectivity index (χ3n) is 4.12. The summed E-state index contributed by atoms with van der Waals surface area (Å²) in [5.74, 6) is -1.26. The third-order valence-corrected chi connectivity index (χ3v) is 4.12. The molecule has 0 heterocycles. The number of nitriles is 1. The van der Waals surface area contributed by atoms with Crippen LogP contribution in [0.2, 0.25) is 0 Å². The number of nitrogens with one attached hydrogen (secondary N) is 2. The largest absolute Gasteiger partial charge is 0.378 e. The maximum atomic E-state index is 12.3. The highest BCUT2D eigenvalue weighted by Crippen LogP contribution is 2.24. The van der Waals surface area contributed by atoms with Gasteiger partial charge in [0, 0.05) is 11.7 Å². The predicted octanol–water partition coefficient (Wildman–Crippen LogP) is 2.09. The Labute approximate surface area is 130 Å². The maximum Gasteiger partial charge on any atom is 0.252 e. The molecule has 2 rings (SSSR count). The highest BCUT2D eigenvalue weighted by Gasteiger charge is 2.33. The summed E-state index contributed by atoms with van der Waals surface area (Å²) in [5, 5.41) is 15.3. The molecule has 0 saturated carbocycles. The van der Waals surface area contributed by atoms with Gasteiger partial charge in [0.25, 0.3) is 11.6 Å². The lowest BCUT2D eigenvalue weighted by atomic mass is 9.87. The van der Waals surface area contributed by atoms with Gasteiger partial charge in [0.2, 0.25) is 0 Å². The second-order valence-corrected chi connectivity index (χ2v) is 6.74. The first kappa shape index (κ1) is 16.0. The van der Waals surface area contributed by atoms with Crippen molar-refractivity contribution in [3.8, 4) is 6.07 Å². The summed E-state index contributed by atoms with van der Waals surface area (Å²) in [6.07, 6.45) is 5.25. The number of nitrogens with zero attached hydrogens (tertiary/aromatic N) is 1. The Bertz CT molecular complexity index is 654. The molecule has 0 aliphatic heterocycles. The molecule has 2 aliphatic carbocycles. The zero-order chi connectivity index (χ0) is 16.5. The lowest BCUT2D eigenvalue weighted by molar-refractivity contribution is -0.132. The number of ketones is 2. The van der Waals surface area contributed by atoms with Crippen LogP contribution in [0.25, 0.3) is 0 Å². The molecule has 2 aliphatic rings. The molecule has 2 N–H and O–H groups in total. The maximum absolute atomic E-state index is 12.3. The summed E-state index contributed by atoms with van der Waals surface area (Å²) in [6.45, 7) is 8.01. The summed E-state index contributed by atoms with van der Waals surface area (Å²) < 4.78 is 0. The summed E-state index contributed by atoms with van der Waals surface area (Å²) in [5.41, 5.74) is 1.30. The van der Waals surface area contributed by atoms with Gasteiger partial charge in [0.1, 0.15) is 11.8 Å². The molecule has 0 saturated heterocycles. The number of carbonyl (C=O) groups is 2. The molecular formula is C17H21N3O2. The quantitative estimate of drug-likeness (QED) is 0.613. The molecule has 22 heavy (non-hydrogen) atoms. The van der Waals surface area contributed by atoms with E-state index >= 15 is 0 Å². The van der Waals surface area contributed by atoms with Crippen LogP contribution >= 0.6 is 0 Å². The summed E-state index contributed by atoms with van der Waals surface area (Å²) in [7, 11) is 0. The topological polar surface area (TPSA) is 82.0 Å². The zero-order valence-corrected chi connectivity index (χ0v) is 13.4. The van der Waals surface area contributed by atoms with Crippen LogP contribution in [-0.2, 0) is 9.59 Å². The van der Waals surface area contributed by atoms with E-state index in [0.717, 1.165) is 18.5 Å². The molecule has 0 aromatic rings. The average Bonchev–Trinajstić information content (AvgIpc) is 2.40. The molecule has 0 fully saturated rings. The van der Waals surface area contributed by atoms with Gasteiger partial charge in [-0.15, -0.1) is 0 Å². The van der Waals surface area contributed by atoms with Crippen molar-refractivity contribution < 1.29 is 9.59 Å². The Kier molecular flexibility index (Phi) is 4.23. The number of carbonyl (C=O) groups excluding carboxylic acids is 2. The van der Waals surface area contributed by atoms with Crippen LogP contribution in [0.1, 0.15) is 40.5 Å². The Balaban J connectivity index is 2.32. The van der Waals surface area contributed by atoms with Crippen LogP contribution < -0.4 is 10.6 Å². The smallest absolute Gasteiger partial charge is 0.252 e. The van der Waals surface area contributed by atoms with Crippen molar-refractivity contribution in [1.82, 2.24) is 10.6 Å². The first-order valence-electron chi connectivity index (χ1n) is 7.41. The molecule has 0 aromatic heterocycles. The fourth-order valence-corrected chi connectivity index (χ4v) is 1.97. The van der Waals surface area contributed by atoms with Gasteiger partial charge in [-0.3, -0.25) is 9.59 Å². The van der Waals surface area contributed by atoms with Gasteiger partial charge in [-0.05, 0) is 31.3 Å². The fourth-order valence-electron chi connectivity index (χ4n) is 1.97. The molecule has 0 spiro atoms. The van der Waals surface area contributed by atoms with Gasteiger partial charge in [-0.1, -0.05) is 26.8 Å². The number of hydrogen-bond acceptors (Lipinski definition) is 5. The van der Waals surface area contributed by atoms with E-state index in [1.54, 1.807) is 0 Å². The monoisotopic (exact) mass is 299 g/mol. The summed E-state index contributed by atoms with van der Waals surface area (Å²) in [4.78, 5) is 24.5. The van der Waals surface area contributed by atoms with E-state index in [1.165, 1.54) is 6.08 Å². The van der Waals surface area contributed by atoms with E-state index in [-0.39, 0.29) is 28.4 Å². The van der Waals surface area contributed by atoms with E-state index < -0.39 is 11.6 Å². The van der Waals surface area contributed by atoms with Gasteiger partial charge in [0.15, 0.2) is 0 Å². The SMILES string of the molecule is CC(NC1=C(C#N)C=C(NC2=CCC2)C(=O)C1=O)C(C)(C)C. The second-order valence-electron chi connectivity index (χ2n) is 6.74. The molecule has 116 valence electrons. The number of allylic oxidation sites excluding steroid dienone is 6. The Morgan fingerprint density at radius 3 is 2.36 bits per heavy atom. The van der Waals surface area contributed by atoms with E-state index in [0.29, 0.717) is 0 Å². The first-order chi connectivity index (χ1) is 10.2. The van der Waals surface area contributed by atoms with Gasteiger partial charge in [0.05, 0.1) is 11.3 Å². The van der Waals surface area contributed by atoms with Crippen molar-refractivity contribution in [2.24, 2.45) is 5.41 Å². The molecule has 0 bridgehead atoms. The van der Waals surface area contributed by atoms with Crippen molar-refractivity contribution in [3.63, 3.8) is 0 Å². The minimum Gasteiger partial charge on any atom is -0.378 e. The zero-order valence-electron chi connectivity index (χ0n) is 13.4. The average molecular weight is 299 g/mol. The van der Waals surface area contributed by atoms with Crippen LogP contribution in [0.5, 0.6) is 0 Å². The summed E-state index contributed by atoms with van der Waals surface area (Å²) >= 11 is 0. The Morgan fingerprint density at radius 1 is 1.27 bits per heavy atom. The number of Topliss-reactive ketones (excluding diaryl/α,β-unsaturated/α-hetero) is 2. The number of rotatable bonds is 4. The molecular weight excluding hydrogens is 278 g/mol. The van der Waals surface area contributed by atoms with Gasteiger partial charge in [-0.2, -0.15) is 5.26 Å². The van der Waals surface area contributed by atoms with E-state index in [1.807, 2.05) is 39.8 Å². The Morgan fingerprint density at radius 2 is 1.91 bits per heavy atom. The van der Waals surface area contributed by atoms with Crippen molar-refractivity contribution in [1.29, 1.82) is 5.26 Å². The lowest BCUT2D eigenvalue weighted by Crippen LogP contribution is -2.43. The molecule has 0 amide bonds. The first-order valence-corrected chi connectivity index (χ1v) is 7.41. The van der Waals surface area contributed by atoms with Crippen molar-refractivity contribution >= 4 is 11.6 Å². The predicted molar refractivity (Wildman–Crippen MR) is 83.2 cm³/mol. The van der Waals surface area contributed by atoms with Crippen LogP contribution in [0, 0.1) is 16.7 Å². The van der Waals surface area contributed by atoms with Crippen LogP contribution in [0.4, 0.5) is 0 Å². The highest BCUT2D eigenvalue weighted by molar-refractivity contribution is 6.50. The fraction of sp³-hybridized carbons (Fsp3) is 0.471. The van der Waals surface area contributed by atoms with Crippen LogP contribution in [0.15, 0.2) is 34.8 Å². The van der Waals surface area contributed by atoms with Gasteiger partial charge in [-0.25, -0.2) is 0 Å². The van der Waals surface area contributed by atoms with Crippen LogP contribution in [0.3, 0.4) is 0 Å². The molecule has 1 unspecified atom stereocenters. The summed E-state index contributed by atoms with van der Waals surface area (Å²) in [6, 6.07) is 1.95. The third kappa shape index (κ3) is 3.11. The minimum absolute atomic E-state index is 0.0557. The standard InChI is InChI=1S/C17H21N3O2/c1-10(17(2,3)4)19-14-11(9-18)8-13(15(21)16(14)22)20-12-6-5-7-12/h6,8,10,19-20H,5,7H2,1-4H3. The minimum atomic E-state index is -0.655. The van der Waals surface area contributed by atoms with E-state index in [9.17, 15) is 14.9 Å². The number of hydrogen-bond donors (Lipinski definition) is 2. The second kappa shape index (κ2) is 5.80. The van der Waals surface area contributed by atoms with E-state index in [2.05, 4.69) is 10.6 Å². The van der Waals surface area contributed by atoms with E-state index in [4.69, 9.17) is 0 Å². The molecule has 5 heteroatoms. The van der Waals surface area contributed by atoms with Gasteiger partial charge >= 0.3 is 0 Å². The molecule has 1 atom stereocenters. The normalized spacial score (nSPS) is 19.8. The molecule has 0 aromatic carbocycles. The van der Waals surface area contributed by atoms with Crippen molar-refractivity contribution in [3.05, 3.63) is 34.8 Å². The molecule has 5 nitrogen and oxygen atoms in total. The Hall–Kier alpha value is -2.35. The van der Waals surface area contributed by atoms with Crippen molar-refractivity contribution in [2.45, 2.75) is 46.6 Å². The van der Waals surface area contributed by atoms with Crippen LogP contribution in [-0.4, -0.2) is 17.6 Å². The lowest BCUT2D eigenvalue weighted by Gasteiger charge is -2.30. The van der Waals surface area contributed by atoms with Gasteiger partial charge < -0.3 is 10.6 Å².